The zero-order valence-corrected chi connectivity index (χ0v) is 24.1. The lowest BCUT2D eigenvalue weighted by molar-refractivity contribution is -0.128. The lowest BCUT2D eigenvalue weighted by Crippen LogP contribution is -2.42. The highest BCUT2D eigenvalue weighted by Gasteiger charge is 2.64. The summed E-state index contributed by atoms with van der Waals surface area (Å²) in [5.74, 6) is -0.280. The summed E-state index contributed by atoms with van der Waals surface area (Å²) in [6, 6.07) is 27.8. The van der Waals surface area contributed by atoms with Gasteiger partial charge in [0.2, 0.25) is 0 Å². The second-order valence-corrected chi connectivity index (χ2v) is 16.0. The quantitative estimate of drug-likeness (QED) is 0.300. The maximum Gasteiger partial charge on any atom is 0.175 e. The first-order valence-electron chi connectivity index (χ1n) is 12.4. The zero-order valence-electron chi connectivity index (χ0n) is 21.7. The number of hydrogen-bond donors (Lipinski definition) is 0. The van der Waals surface area contributed by atoms with E-state index < -0.39 is 31.1 Å². The second-order valence-electron chi connectivity index (χ2n) is 10.5. The van der Waals surface area contributed by atoms with Crippen molar-refractivity contribution >= 4 is 36.6 Å². The molecule has 202 valence electrons. The molecule has 0 aromatic heterocycles. The maximum absolute atomic E-state index is 11.8. The number of Topliss-reactive ketones (excluding diaryl/α,β-unsaturated/α-hetero) is 1. The Bertz CT molecular complexity index is 1460. The van der Waals surface area contributed by atoms with Gasteiger partial charge in [0.1, 0.15) is 5.78 Å². The Morgan fingerprint density at radius 1 is 0.816 bits per heavy atom. The summed E-state index contributed by atoms with van der Waals surface area (Å²) in [4.78, 5) is 15.7. The molecular formula is C29H32O6S3. The van der Waals surface area contributed by atoms with E-state index in [1.807, 2.05) is 62.4 Å². The lowest BCUT2D eigenvalue weighted by Gasteiger charge is -2.37. The third-order valence-corrected chi connectivity index (χ3v) is 12.2. The first-order valence-corrected chi connectivity index (χ1v) is 17.1. The van der Waals surface area contributed by atoms with Crippen LogP contribution < -0.4 is 0 Å². The molecule has 2 aliphatic rings. The van der Waals surface area contributed by atoms with Crippen LogP contribution in [0.1, 0.15) is 33.1 Å². The van der Waals surface area contributed by atoms with Crippen molar-refractivity contribution in [2.24, 2.45) is 16.7 Å². The number of sulfone groups is 1. The van der Waals surface area contributed by atoms with Crippen molar-refractivity contribution in [2.75, 3.05) is 12.0 Å². The molecule has 0 aliphatic heterocycles. The fourth-order valence-corrected chi connectivity index (χ4v) is 9.75. The molecule has 9 heteroatoms. The summed E-state index contributed by atoms with van der Waals surface area (Å²) < 4.78 is 56.0. The van der Waals surface area contributed by atoms with E-state index >= 15 is 0 Å². The molecule has 0 amide bonds. The first-order chi connectivity index (χ1) is 17.7. The molecule has 2 atom stereocenters. The van der Waals surface area contributed by atoms with Crippen molar-refractivity contribution in [3.8, 4) is 0 Å². The summed E-state index contributed by atoms with van der Waals surface area (Å²) in [5, 5.41) is 0. The molecule has 2 saturated carbocycles. The maximum atomic E-state index is 11.8. The number of ketones is 1. The molecule has 0 saturated heterocycles. The molecule has 38 heavy (non-hydrogen) atoms. The van der Waals surface area contributed by atoms with Crippen LogP contribution in [0.25, 0.3) is 0 Å². The number of rotatable bonds is 6. The van der Waals surface area contributed by atoms with E-state index in [9.17, 15) is 26.2 Å². The molecule has 2 aliphatic carbocycles. The molecule has 6 nitrogen and oxygen atoms in total. The van der Waals surface area contributed by atoms with Gasteiger partial charge in [-0.2, -0.15) is 0 Å². The summed E-state index contributed by atoms with van der Waals surface area (Å²) in [7, 11) is -7.74. The lowest BCUT2D eigenvalue weighted by atomic mass is 9.70. The predicted molar refractivity (Wildman–Crippen MR) is 148 cm³/mol. The Morgan fingerprint density at radius 3 is 1.66 bits per heavy atom. The van der Waals surface area contributed by atoms with E-state index in [0.29, 0.717) is 17.7 Å². The molecular weight excluding hydrogens is 541 g/mol. The van der Waals surface area contributed by atoms with Crippen LogP contribution in [0.5, 0.6) is 0 Å². The highest BCUT2D eigenvalue weighted by Crippen LogP contribution is 2.64. The van der Waals surface area contributed by atoms with E-state index in [0.717, 1.165) is 11.3 Å². The topological polar surface area (TPSA) is 108 Å². The van der Waals surface area contributed by atoms with Crippen LogP contribution in [0, 0.1) is 16.7 Å². The van der Waals surface area contributed by atoms with Crippen molar-refractivity contribution in [2.45, 2.75) is 52.7 Å². The molecule has 2 fully saturated rings. The number of benzene rings is 3. The largest absolute Gasteiger partial charge is 0.748 e. The van der Waals surface area contributed by atoms with Crippen molar-refractivity contribution in [1.29, 1.82) is 0 Å². The average molecular weight is 573 g/mol. The van der Waals surface area contributed by atoms with Gasteiger partial charge >= 0.3 is 0 Å². The van der Waals surface area contributed by atoms with Crippen LogP contribution in [0.15, 0.2) is 105 Å². The van der Waals surface area contributed by atoms with Gasteiger partial charge in [-0.25, -0.2) is 16.8 Å². The predicted octanol–water partition coefficient (Wildman–Crippen LogP) is 5.11. The van der Waals surface area contributed by atoms with Crippen LogP contribution in [0.4, 0.5) is 0 Å². The third-order valence-electron chi connectivity index (χ3n) is 8.01. The van der Waals surface area contributed by atoms with Crippen LogP contribution in [0.2, 0.25) is 0 Å². The minimum atomic E-state index is -4.33. The molecule has 0 radical (unpaired) electrons. The molecule has 0 spiro atoms. The summed E-state index contributed by atoms with van der Waals surface area (Å²) in [5.41, 5.74) is -1.22. The number of fused-ring (bicyclic) bond motifs is 2. The SMILES string of the molecule is CC1(C)C2CCC1(CS(=O)(=O)[O-])C(=O)C2.CS(=O)(=O)c1ccc([S+](c2ccccc2)c2ccccc2)cc1. The molecule has 2 bridgehead atoms. The van der Waals surface area contributed by atoms with Crippen molar-refractivity contribution in [1.82, 2.24) is 0 Å². The first kappa shape index (κ1) is 28.5. The van der Waals surface area contributed by atoms with E-state index in [2.05, 4.69) is 24.3 Å². The second kappa shape index (κ2) is 10.6. The van der Waals surface area contributed by atoms with Crippen molar-refractivity contribution in [3.05, 3.63) is 84.9 Å². The summed E-state index contributed by atoms with van der Waals surface area (Å²) >= 11 is 0. The van der Waals surface area contributed by atoms with Crippen LogP contribution in [0.3, 0.4) is 0 Å². The summed E-state index contributed by atoms with van der Waals surface area (Å²) in [6.45, 7) is 3.83. The molecule has 0 N–H and O–H groups in total. The van der Waals surface area contributed by atoms with E-state index in [4.69, 9.17) is 0 Å². The Hall–Kier alpha value is -2.46. The monoisotopic (exact) mass is 572 g/mol. The van der Waals surface area contributed by atoms with Gasteiger partial charge in [-0.3, -0.25) is 4.79 Å². The average Bonchev–Trinajstić information content (AvgIpc) is 3.19. The molecule has 5 rings (SSSR count). The fourth-order valence-electron chi connectivity index (χ4n) is 5.75. The van der Waals surface area contributed by atoms with Crippen molar-refractivity contribution < 1.29 is 26.2 Å². The molecule has 3 aromatic rings. The highest BCUT2D eigenvalue weighted by atomic mass is 32.2. The van der Waals surface area contributed by atoms with E-state index in [1.54, 1.807) is 12.1 Å². The number of hydrogen-bond acceptors (Lipinski definition) is 6. The third kappa shape index (κ3) is 5.76. The normalized spacial score (nSPS) is 22.2. The Morgan fingerprint density at radius 2 is 1.29 bits per heavy atom. The Labute approximate surface area is 228 Å². The van der Waals surface area contributed by atoms with E-state index in [-0.39, 0.29) is 28.0 Å². The van der Waals surface area contributed by atoms with Crippen LogP contribution in [-0.4, -0.2) is 39.2 Å². The molecule has 0 heterocycles. The minimum Gasteiger partial charge on any atom is -0.748 e. The minimum absolute atomic E-state index is 0.0248. The van der Waals surface area contributed by atoms with Gasteiger partial charge in [0.05, 0.1) is 31.7 Å². The smallest absolute Gasteiger partial charge is 0.175 e. The van der Waals surface area contributed by atoms with Gasteiger partial charge in [-0.05, 0) is 72.7 Å². The van der Waals surface area contributed by atoms with Gasteiger partial charge in [-0.1, -0.05) is 50.2 Å². The van der Waals surface area contributed by atoms with Gasteiger partial charge in [0, 0.05) is 18.1 Å². The Kier molecular flexibility index (Phi) is 7.96. The van der Waals surface area contributed by atoms with Gasteiger partial charge in [0.25, 0.3) is 0 Å². The molecule has 2 unspecified atom stereocenters. The number of carbonyl (C=O) groups excluding carboxylic acids is 1. The molecule has 3 aromatic carbocycles. The zero-order chi connectivity index (χ0) is 27.8. The van der Waals surface area contributed by atoms with Gasteiger partial charge in [0.15, 0.2) is 24.5 Å². The van der Waals surface area contributed by atoms with Gasteiger partial charge in [-0.15, -0.1) is 0 Å². The van der Waals surface area contributed by atoms with Gasteiger partial charge < -0.3 is 4.55 Å². The standard InChI is InChI=1S/C19H17O2S2.C10H16O4S/c1-23(20,21)19-14-12-18(13-15-19)22(16-8-4-2-5-9-16)17-10-6-3-7-11-17;1-9(2)7-3-4-10(9,8(11)5-7)6-15(12,13)14/h2-15H,1H3;7H,3-6H2,1-2H3,(H,12,13,14)/q+1;/p-1. The van der Waals surface area contributed by atoms with Crippen molar-refractivity contribution in [3.63, 3.8) is 0 Å². The Balaban J connectivity index is 0.000000194. The van der Waals surface area contributed by atoms with E-state index in [1.165, 1.54) is 16.0 Å². The highest BCUT2D eigenvalue weighted by molar-refractivity contribution is 7.97. The number of carbonyl (C=O) groups is 1. The van der Waals surface area contributed by atoms with Crippen LogP contribution in [-0.2, 0) is 35.6 Å². The van der Waals surface area contributed by atoms with Crippen LogP contribution >= 0.6 is 0 Å². The summed E-state index contributed by atoms with van der Waals surface area (Å²) in [6.07, 6.45) is 3.11. The fraction of sp³-hybridized carbons (Fsp3) is 0.345.